The maximum Gasteiger partial charge on any atom is 0.329 e. The maximum atomic E-state index is 11.9. The van der Waals surface area contributed by atoms with E-state index in [2.05, 4.69) is 31.8 Å². The van der Waals surface area contributed by atoms with E-state index >= 15 is 0 Å². The Balaban J connectivity index is 1.55. The van der Waals surface area contributed by atoms with Gasteiger partial charge < -0.3 is 10.1 Å². The van der Waals surface area contributed by atoms with Crippen molar-refractivity contribution in [2.45, 2.75) is 0 Å². The smallest absolute Gasteiger partial charge is 0.329 e. The number of hydrazone groups is 1. The molecule has 0 aliphatic rings. The summed E-state index contributed by atoms with van der Waals surface area (Å²) in [6.07, 6.45) is 1.43. The molecule has 3 rings (SSSR count). The second-order valence-corrected chi connectivity index (χ2v) is 6.57. The number of amides is 2. The Morgan fingerprint density at radius 2 is 1.61 bits per heavy atom. The number of carbonyl (C=O) groups excluding carboxylic acids is 2. The molecule has 6 nitrogen and oxygen atoms in total. The number of ether oxygens (including phenoxy) is 1. The number of nitrogens with one attached hydrogen (secondary N) is 2. The van der Waals surface area contributed by atoms with Gasteiger partial charge in [-0.3, -0.25) is 9.59 Å². The molecule has 3 aromatic carbocycles. The lowest BCUT2D eigenvalue weighted by Gasteiger charge is -2.06. The summed E-state index contributed by atoms with van der Waals surface area (Å²) in [5.41, 5.74) is 3.41. The molecular weight excluding hydrogens is 422 g/mol. The van der Waals surface area contributed by atoms with Crippen LogP contribution >= 0.6 is 15.9 Å². The summed E-state index contributed by atoms with van der Waals surface area (Å²) >= 11 is 3.30. The third kappa shape index (κ3) is 5.78. The standard InChI is InChI=1S/C21H16BrN3O3/c22-16-7-5-8-17(13-16)24-20(26)21(27)25-23-14-15-6-4-11-19(12-15)28-18-9-2-1-3-10-18/h1-14H,(H,24,26)(H,25,27)/b23-14+. The SMILES string of the molecule is O=C(N/N=C/c1cccc(Oc2ccccc2)c1)C(=O)Nc1cccc(Br)c1. The number of carbonyl (C=O) groups is 2. The molecule has 2 amide bonds. The lowest BCUT2D eigenvalue weighted by Crippen LogP contribution is -2.32. The van der Waals surface area contributed by atoms with E-state index in [1.807, 2.05) is 42.5 Å². The summed E-state index contributed by atoms with van der Waals surface area (Å²) in [6.45, 7) is 0. The average Bonchev–Trinajstić information content (AvgIpc) is 2.69. The van der Waals surface area contributed by atoms with Crippen LogP contribution in [0, 0.1) is 0 Å². The lowest BCUT2D eigenvalue weighted by molar-refractivity contribution is -0.136. The Hall–Kier alpha value is -3.45. The molecule has 28 heavy (non-hydrogen) atoms. The number of halogens is 1. The number of rotatable bonds is 5. The quantitative estimate of drug-likeness (QED) is 0.354. The normalized spacial score (nSPS) is 10.5. The second-order valence-electron chi connectivity index (χ2n) is 5.65. The van der Waals surface area contributed by atoms with Gasteiger partial charge in [-0.2, -0.15) is 5.10 Å². The first-order valence-electron chi connectivity index (χ1n) is 8.33. The van der Waals surface area contributed by atoms with E-state index < -0.39 is 11.8 Å². The number of hydrogen-bond acceptors (Lipinski definition) is 4. The largest absolute Gasteiger partial charge is 0.457 e. The summed E-state index contributed by atoms with van der Waals surface area (Å²) < 4.78 is 6.54. The molecule has 0 aliphatic carbocycles. The minimum atomic E-state index is -0.868. The van der Waals surface area contributed by atoms with Crippen LogP contribution in [0.2, 0.25) is 0 Å². The van der Waals surface area contributed by atoms with E-state index in [1.165, 1.54) is 6.21 Å². The molecule has 0 spiro atoms. The van der Waals surface area contributed by atoms with Gasteiger partial charge in [0.2, 0.25) is 0 Å². The number of anilines is 1. The van der Waals surface area contributed by atoms with Crippen LogP contribution in [0.5, 0.6) is 11.5 Å². The molecule has 0 radical (unpaired) electrons. The first-order valence-corrected chi connectivity index (χ1v) is 9.12. The van der Waals surface area contributed by atoms with Crippen molar-refractivity contribution in [3.8, 4) is 11.5 Å². The van der Waals surface area contributed by atoms with Crippen LogP contribution < -0.4 is 15.5 Å². The lowest BCUT2D eigenvalue weighted by atomic mass is 10.2. The zero-order chi connectivity index (χ0) is 19.8. The summed E-state index contributed by atoms with van der Waals surface area (Å²) in [7, 11) is 0. The van der Waals surface area contributed by atoms with Crippen LogP contribution in [0.15, 0.2) is 88.4 Å². The van der Waals surface area contributed by atoms with Crippen molar-refractivity contribution < 1.29 is 14.3 Å². The number of para-hydroxylation sites is 1. The van der Waals surface area contributed by atoms with Crippen molar-refractivity contribution in [1.29, 1.82) is 0 Å². The van der Waals surface area contributed by atoms with Crippen LogP contribution in [0.25, 0.3) is 0 Å². The first kappa shape index (κ1) is 19.3. The van der Waals surface area contributed by atoms with Gasteiger partial charge in [-0.05, 0) is 48.0 Å². The van der Waals surface area contributed by atoms with Crippen molar-refractivity contribution in [3.63, 3.8) is 0 Å². The molecule has 0 saturated carbocycles. The molecule has 7 heteroatoms. The van der Waals surface area contributed by atoms with Crippen molar-refractivity contribution in [2.24, 2.45) is 5.10 Å². The minimum Gasteiger partial charge on any atom is -0.457 e. The highest BCUT2D eigenvalue weighted by atomic mass is 79.9. The van der Waals surface area contributed by atoms with E-state index in [4.69, 9.17) is 4.74 Å². The van der Waals surface area contributed by atoms with Crippen LogP contribution in [-0.4, -0.2) is 18.0 Å². The summed E-state index contributed by atoms with van der Waals surface area (Å²) in [6, 6.07) is 23.5. The summed E-state index contributed by atoms with van der Waals surface area (Å²) in [5, 5.41) is 6.31. The predicted molar refractivity (Wildman–Crippen MR) is 111 cm³/mol. The zero-order valence-corrected chi connectivity index (χ0v) is 16.2. The Kier molecular flexibility index (Phi) is 6.54. The molecule has 0 bridgehead atoms. The van der Waals surface area contributed by atoms with E-state index in [0.29, 0.717) is 22.7 Å². The Morgan fingerprint density at radius 3 is 2.39 bits per heavy atom. The summed E-state index contributed by atoms with van der Waals surface area (Å²) in [5.74, 6) is -0.327. The van der Waals surface area contributed by atoms with Crippen LogP contribution in [0.1, 0.15) is 5.56 Å². The topological polar surface area (TPSA) is 79.8 Å². The predicted octanol–water partition coefficient (Wildman–Crippen LogP) is 4.33. The van der Waals surface area contributed by atoms with Crippen molar-refractivity contribution in [1.82, 2.24) is 5.43 Å². The minimum absolute atomic E-state index is 0.504. The monoisotopic (exact) mass is 437 g/mol. The molecule has 0 aliphatic heterocycles. The van der Waals surface area contributed by atoms with Crippen molar-refractivity contribution in [2.75, 3.05) is 5.32 Å². The molecule has 2 N–H and O–H groups in total. The third-order valence-corrected chi connectivity index (χ3v) is 4.00. The Bertz CT molecular complexity index is 1010. The molecule has 0 fully saturated rings. The van der Waals surface area contributed by atoms with Gasteiger partial charge in [0, 0.05) is 10.2 Å². The fourth-order valence-electron chi connectivity index (χ4n) is 2.25. The van der Waals surface area contributed by atoms with Gasteiger partial charge >= 0.3 is 11.8 Å². The van der Waals surface area contributed by atoms with E-state index in [0.717, 1.165) is 4.47 Å². The number of hydrogen-bond donors (Lipinski definition) is 2. The molecule has 0 atom stereocenters. The molecular formula is C21H16BrN3O3. The van der Waals surface area contributed by atoms with Gasteiger partial charge in [-0.25, -0.2) is 5.43 Å². The van der Waals surface area contributed by atoms with E-state index in [9.17, 15) is 9.59 Å². The maximum absolute atomic E-state index is 11.9. The summed E-state index contributed by atoms with van der Waals surface area (Å²) in [4.78, 5) is 23.7. The fraction of sp³-hybridized carbons (Fsp3) is 0. The van der Waals surface area contributed by atoms with Gasteiger partial charge in [-0.15, -0.1) is 0 Å². The molecule has 0 saturated heterocycles. The Morgan fingerprint density at radius 1 is 0.857 bits per heavy atom. The van der Waals surface area contributed by atoms with Crippen LogP contribution in [0.4, 0.5) is 5.69 Å². The van der Waals surface area contributed by atoms with Crippen molar-refractivity contribution >= 4 is 39.6 Å². The highest BCUT2D eigenvalue weighted by Crippen LogP contribution is 2.21. The third-order valence-electron chi connectivity index (χ3n) is 3.51. The average molecular weight is 438 g/mol. The van der Waals surface area contributed by atoms with E-state index in [1.54, 1.807) is 36.4 Å². The molecule has 0 unspecified atom stereocenters. The molecule has 140 valence electrons. The van der Waals surface area contributed by atoms with Crippen LogP contribution in [-0.2, 0) is 9.59 Å². The number of benzene rings is 3. The van der Waals surface area contributed by atoms with Gasteiger partial charge in [0.05, 0.1) is 6.21 Å². The second kappa shape index (κ2) is 9.48. The highest BCUT2D eigenvalue weighted by molar-refractivity contribution is 9.10. The van der Waals surface area contributed by atoms with Gasteiger partial charge in [-0.1, -0.05) is 52.3 Å². The molecule has 0 aromatic heterocycles. The van der Waals surface area contributed by atoms with Crippen LogP contribution in [0.3, 0.4) is 0 Å². The number of nitrogens with zero attached hydrogens (tertiary/aromatic N) is 1. The first-order chi connectivity index (χ1) is 13.6. The Labute approximate surface area is 170 Å². The fourth-order valence-corrected chi connectivity index (χ4v) is 2.65. The molecule has 0 heterocycles. The molecule has 3 aromatic rings. The van der Waals surface area contributed by atoms with Gasteiger partial charge in [0.1, 0.15) is 11.5 Å². The van der Waals surface area contributed by atoms with Crippen molar-refractivity contribution in [3.05, 3.63) is 88.9 Å². The zero-order valence-electron chi connectivity index (χ0n) is 14.6. The highest BCUT2D eigenvalue weighted by Gasteiger charge is 2.12. The van der Waals surface area contributed by atoms with E-state index in [-0.39, 0.29) is 0 Å². The van der Waals surface area contributed by atoms with Gasteiger partial charge in [0.25, 0.3) is 0 Å². The van der Waals surface area contributed by atoms with Gasteiger partial charge in [0.15, 0.2) is 0 Å².